The van der Waals surface area contributed by atoms with Gasteiger partial charge in [0, 0.05) is 6.42 Å². The minimum absolute atomic E-state index is 0.136. The molecule has 17 heavy (non-hydrogen) atoms. The van der Waals surface area contributed by atoms with Crippen LogP contribution in [0.1, 0.15) is 29.9 Å². The van der Waals surface area contributed by atoms with Crippen molar-refractivity contribution in [2.24, 2.45) is 0 Å². The van der Waals surface area contributed by atoms with Crippen molar-refractivity contribution in [3.05, 3.63) is 60.4 Å². The van der Waals surface area contributed by atoms with Crippen LogP contribution in [-0.4, -0.2) is 5.11 Å². The summed E-state index contributed by atoms with van der Waals surface area (Å²) >= 11 is 0. The number of allylic oxidation sites excluding steroid dienone is 2. The topological polar surface area (TPSA) is 37.3 Å². The number of hydrogen-bond acceptors (Lipinski definition) is 2. The van der Waals surface area contributed by atoms with Crippen molar-refractivity contribution >= 4 is 8.46 Å². The van der Waals surface area contributed by atoms with Gasteiger partial charge in [-0.3, -0.25) is 4.57 Å². The Kier molecular flexibility index (Phi) is 5.65. The maximum Gasteiger partial charge on any atom is 0.160 e. The van der Waals surface area contributed by atoms with Crippen LogP contribution in [0.4, 0.5) is 0 Å². The number of hydrogen-bond donors (Lipinski definition) is 1. The lowest BCUT2D eigenvalue weighted by Gasteiger charge is -2.15. The molecule has 0 saturated heterocycles. The maximum absolute atomic E-state index is 10.5. The third kappa shape index (κ3) is 4.54. The van der Waals surface area contributed by atoms with E-state index in [4.69, 9.17) is 0 Å². The van der Waals surface area contributed by atoms with Crippen LogP contribution in [0.25, 0.3) is 0 Å². The fourth-order valence-electron chi connectivity index (χ4n) is 1.79. The minimum Gasteiger partial charge on any atom is -0.513 e. The molecule has 0 fully saturated rings. The van der Waals surface area contributed by atoms with E-state index in [9.17, 15) is 9.67 Å². The predicted molar refractivity (Wildman–Crippen MR) is 71.7 cm³/mol. The molecule has 0 aliphatic carbocycles. The van der Waals surface area contributed by atoms with Crippen LogP contribution in [0.3, 0.4) is 0 Å². The fourth-order valence-corrected chi connectivity index (χ4v) is 2.15. The summed E-state index contributed by atoms with van der Waals surface area (Å²) in [6, 6.07) is 7.96. The highest BCUT2D eigenvalue weighted by molar-refractivity contribution is 7.22. The van der Waals surface area contributed by atoms with Crippen molar-refractivity contribution in [3.63, 3.8) is 0 Å². The average Bonchev–Trinajstić information content (AvgIpc) is 2.29. The zero-order chi connectivity index (χ0) is 12.7. The van der Waals surface area contributed by atoms with Gasteiger partial charge in [-0.05, 0) is 23.5 Å². The molecule has 1 rings (SSSR count). The van der Waals surface area contributed by atoms with Gasteiger partial charge >= 0.3 is 0 Å². The molecule has 1 atom stereocenters. The Morgan fingerprint density at radius 2 is 2.06 bits per heavy atom. The SMILES string of the molecule is C=CC[C@@H](CC(=C)O)c1ccc(CP=O)cc1. The molecule has 0 aromatic heterocycles. The van der Waals surface area contributed by atoms with E-state index in [0.717, 1.165) is 17.5 Å². The smallest absolute Gasteiger partial charge is 0.160 e. The monoisotopic (exact) mass is 248 g/mol. The third-order valence-electron chi connectivity index (χ3n) is 2.63. The van der Waals surface area contributed by atoms with Gasteiger partial charge in [0.1, 0.15) is 0 Å². The summed E-state index contributed by atoms with van der Waals surface area (Å²) in [4.78, 5) is 0. The fraction of sp³-hybridized carbons (Fsp3) is 0.286. The Morgan fingerprint density at radius 1 is 1.41 bits per heavy atom. The minimum atomic E-state index is 0.136. The van der Waals surface area contributed by atoms with Crippen LogP contribution in [0, 0.1) is 0 Å². The van der Waals surface area contributed by atoms with Crippen LogP contribution < -0.4 is 0 Å². The van der Waals surface area contributed by atoms with Crippen LogP contribution in [0.5, 0.6) is 0 Å². The Labute approximate surface area is 104 Å². The first-order valence-electron chi connectivity index (χ1n) is 5.53. The van der Waals surface area contributed by atoms with Crippen LogP contribution in [0.15, 0.2) is 49.3 Å². The molecule has 0 unspecified atom stereocenters. The molecule has 1 N–H and O–H groups in total. The number of rotatable bonds is 7. The molecule has 0 saturated carbocycles. The van der Waals surface area contributed by atoms with E-state index < -0.39 is 0 Å². The van der Waals surface area contributed by atoms with Crippen molar-refractivity contribution < 1.29 is 9.67 Å². The second-order valence-electron chi connectivity index (χ2n) is 4.02. The van der Waals surface area contributed by atoms with Gasteiger partial charge in [-0.1, -0.05) is 36.9 Å². The van der Waals surface area contributed by atoms with Gasteiger partial charge in [-0.25, -0.2) is 0 Å². The lowest BCUT2D eigenvalue weighted by atomic mass is 9.91. The summed E-state index contributed by atoms with van der Waals surface area (Å²) < 4.78 is 10.5. The Morgan fingerprint density at radius 3 is 2.53 bits per heavy atom. The number of aliphatic hydroxyl groups excluding tert-OH is 1. The molecular formula is C14H17O2P. The van der Waals surface area contributed by atoms with E-state index in [-0.39, 0.29) is 20.1 Å². The highest BCUT2D eigenvalue weighted by Crippen LogP contribution is 2.26. The summed E-state index contributed by atoms with van der Waals surface area (Å²) in [5.74, 6) is 0.405. The van der Waals surface area contributed by atoms with Crippen LogP contribution in [-0.2, 0) is 10.7 Å². The molecule has 0 radical (unpaired) electrons. The average molecular weight is 248 g/mol. The van der Waals surface area contributed by atoms with Gasteiger partial charge < -0.3 is 5.11 Å². The molecule has 1 aromatic carbocycles. The second-order valence-corrected chi connectivity index (χ2v) is 4.59. The first kappa shape index (κ1) is 13.7. The van der Waals surface area contributed by atoms with Crippen molar-refractivity contribution in [1.82, 2.24) is 0 Å². The zero-order valence-corrected chi connectivity index (χ0v) is 10.7. The van der Waals surface area contributed by atoms with Gasteiger partial charge in [-0.2, -0.15) is 0 Å². The normalized spacial score (nSPS) is 12.2. The Hall–Kier alpha value is -1.40. The predicted octanol–water partition coefficient (Wildman–Crippen LogP) is 4.60. The van der Waals surface area contributed by atoms with Gasteiger partial charge in [0.15, 0.2) is 8.46 Å². The standard InChI is InChI=1S/C14H17O2P/c1-3-4-14(9-11(2)15)13-7-5-12(6-8-13)10-17-16/h3,5-8,14-15H,1-2,4,9-10H2/t14-/m0/s1. The molecule has 0 aliphatic rings. The molecule has 90 valence electrons. The van der Waals surface area contributed by atoms with Crippen molar-refractivity contribution in [2.45, 2.75) is 24.9 Å². The van der Waals surface area contributed by atoms with Crippen molar-refractivity contribution in [2.75, 3.05) is 0 Å². The van der Waals surface area contributed by atoms with Gasteiger partial charge in [0.05, 0.1) is 11.9 Å². The summed E-state index contributed by atoms with van der Waals surface area (Å²) in [6.07, 6.45) is 3.74. The summed E-state index contributed by atoms with van der Waals surface area (Å²) in [7, 11) is 0.136. The number of aliphatic hydroxyl groups is 1. The Balaban J connectivity index is 2.82. The van der Waals surface area contributed by atoms with E-state index in [2.05, 4.69) is 13.2 Å². The van der Waals surface area contributed by atoms with E-state index >= 15 is 0 Å². The van der Waals surface area contributed by atoms with Gasteiger partial charge in [0.25, 0.3) is 0 Å². The molecule has 1 aromatic rings. The molecule has 0 aliphatic heterocycles. The molecule has 2 nitrogen and oxygen atoms in total. The molecule has 0 spiro atoms. The van der Waals surface area contributed by atoms with Gasteiger partial charge in [-0.15, -0.1) is 6.58 Å². The highest BCUT2D eigenvalue weighted by atomic mass is 31.1. The van der Waals surface area contributed by atoms with Crippen LogP contribution in [0.2, 0.25) is 0 Å². The molecule has 0 bridgehead atoms. The first-order valence-corrected chi connectivity index (χ1v) is 6.52. The van der Waals surface area contributed by atoms with Gasteiger partial charge in [0.2, 0.25) is 0 Å². The molecule has 0 amide bonds. The largest absolute Gasteiger partial charge is 0.513 e. The van der Waals surface area contributed by atoms with Crippen molar-refractivity contribution in [1.29, 1.82) is 0 Å². The summed E-state index contributed by atoms with van der Waals surface area (Å²) in [6.45, 7) is 7.26. The van der Waals surface area contributed by atoms with Crippen LogP contribution >= 0.6 is 8.46 Å². The summed E-state index contributed by atoms with van der Waals surface area (Å²) in [5.41, 5.74) is 2.19. The van der Waals surface area contributed by atoms with Crippen molar-refractivity contribution in [3.8, 4) is 0 Å². The van der Waals surface area contributed by atoms with E-state index in [1.165, 1.54) is 0 Å². The van der Waals surface area contributed by atoms with E-state index in [1.807, 2.05) is 30.3 Å². The lowest BCUT2D eigenvalue weighted by Crippen LogP contribution is -1.99. The zero-order valence-electron chi connectivity index (χ0n) is 9.80. The first-order chi connectivity index (χ1) is 8.17. The molecular weight excluding hydrogens is 231 g/mol. The maximum atomic E-state index is 10.5. The highest BCUT2D eigenvalue weighted by Gasteiger charge is 2.11. The second kappa shape index (κ2) is 7.03. The molecule has 3 heteroatoms. The van der Waals surface area contributed by atoms with E-state index in [0.29, 0.717) is 12.6 Å². The summed E-state index contributed by atoms with van der Waals surface area (Å²) in [5, 5.41) is 9.28. The Bertz CT molecular complexity index is 395. The van der Waals surface area contributed by atoms with E-state index in [1.54, 1.807) is 0 Å². The molecule has 0 heterocycles. The lowest BCUT2D eigenvalue weighted by molar-refractivity contribution is 0.376. The number of benzene rings is 1. The quantitative estimate of drug-likeness (QED) is 0.435. The third-order valence-corrected chi connectivity index (χ3v) is 3.13.